The summed E-state index contributed by atoms with van der Waals surface area (Å²) in [5.74, 6) is 0. The Labute approximate surface area is 134 Å². The highest BCUT2D eigenvalue weighted by molar-refractivity contribution is 5.85. The van der Waals surface area contributed by atoms with E-state index < -0.39 is 6.09 Å². The second kappa shape index (κ2) is 6.79. The first kappa shape index (κ1) is 14.8. The summed E-state index contributed by atoms with van der Waals surface area (Å²) in [7, 11) is 0. The van der Waals surface area contributed by atoms with Gasteiger partial charge in [0.15, 0.2) is 0 Å². The van der Waals surface area contributed by atoms with E-state index in [0.29, 0.717) is 5.69 Å². The molecule has 0 fully saturated rings. The molecule has 116 valence electrons. The fourth-order valence-electron chi connectivity index (χ4n) is 2.22. The summed E-state index contributed by atoms with van der Waals surface area (Å²) in [5.41, 5.74) is 4.81. The fourth-order valence-corrected chi connectivity index (χ4v) is 2.22. The summed E-state index contributed by atoms with van der Waals surface area (Å²) in [6.45, 7) is 2.25. The molecule has 0 saturated carbocycles. The number of carbonyl (C=O) groups excluding carboxylic acids is 1. The molecule has 1 heterocycles. The standard InChI is InChI=1S/C18H17N3O2/c1-13-4-2-3-5-15(13)12-23-18(22)21-17-8-6-14(7-9-17)16-10-19-20-11-16/h2-11H,12H2,1H3,(H,19,20)(H,21,22). The highest BCUT2D eigenvalue weighted by Gasteiger charge is 2.06. The molecule has 0 bridgehead atoms. The number of aromatic nitrogens is 2. The molecule has 1 aromatic heterocycles. The molecule has 0 aliphatic carbocycles. The number of anilines is 1. The van der Waals surface area contributed by atoms with Crippen molar-refractivity contribution in [1.29, 1.82) is 0 Å². The van der Waals surface area contributed by atoms with Crippen molar-refractivity contribution in [3.63, 3.8) is 0 Å². The number of hydrogen-bond donors (Lipinski definition) is 2. The van der Waals surface area contributed by atoms with Crippen LogP contribution >= 0.6 is 0 Å². The van der Waals surface area contributed by atoms with Gasteiger partial charge in [0, 0.05) is 17.4 Å². The van der Waals surface area contributed by atoms with Gasteiger partial charge in [-0.05, 0) is 35.7 Å². The number of ether oxygens (including phenoxy) is 1. The zero-order valence-electron chi connectivity index (χ0n) is 12.7. The maximum atomic E-state index is 11.9. The number of aromatic amines is 1. The Kier molecular flexibility index (Phi) is 4.38. The molecule has 23 heavy (non-hydrogen) atoms. The maximum absolute atomic E-state index is 11.9. The van der Waals surface area contributed by atoms with Gasteiger partial charge in [0.1, 0.15) is 6.61 Å². The Hall–Kier alpha value is -3.08. The Morgan fingerprint density at radius 1 is 1.13 bits per heavy atom. The van der Waals surface area contributed by atoms with Crippen molar-refractivity contribution in [1.82, 2.24) is 10.2 Å². The minimum atomic E-state index is -0.468. The van der Waals surface area contributed by atoms with E-state index in [4.69, 9.17) is 4.74 Å². The maximum Gasteiger partial charge on any atom is 0.411 e. The van der Waals surface area contributed by atoms with E-state index in [2.05, 4.69) is 15.5 Å². The van der Waals surface area contributed by atoms with Crippen molar-refractivity contribution in [3.8, 4) is 11.1 Å². The number of H-pyrrole nitrogens is 1. The first-order chi connectivity index (χ1) is 11.2. The second-order valence-electron chi connectivity index (χ2n) is 5.19. The van der Waals surface area contributed by atoms with Gasteiger partial charge in [-0.1, -0.05) is 36.4 Å². The molecule has 0 unspecified atom stereocenters. The molecule has 2 aromatic carbocycles. The lowest BCUT2D eigenvalue weighted by Gasteiger charge is -2.09. The fraction of sp³-hybridized carbons (Fsp3) is 0.111. The molecule has 1 amide bonds. The van der Waals surface area contributed by atoms with Crippen molar-refractivity contribution in [3.05, 3.63) is 72.1 Å². The summed E-state index contributed by atoms with van der Waals surface area (Å²) in [5, 5.41) is 9.41. The van der Waals surface area contributed by atoms with Crippen LogP contribution in [0.1, 0.15) is 11.1 Å². The summed E-state index contributed by atoms with van der Waals surface area (Å²) in [6.07, 6.45) is 3.10. The minimum absolute atomic E-state index is 0.256. The molecule has 0 aliphatic heterocycles. The minimum Gasteiger partial charge on any atom is -0.444 e. The van der Waals surface area contributed by atoms with E-state index in [1.54, 1.807) is 6.20 Å². The van der Waals surface area contributed by atoms with Gasteiger partial charge in [0.25, 0.3) is 0 Å². The average molecular weight is 307 g/mol. The largest absolute Gasteiger partial charge is 0.444 e. The molecular weight excluding hydrogens is 290 g/mol. The van der Waals surface area contributed by atoms with Crippen LogP contribution < -0.4 is 5.32 Å². The monoisotopic (exact) mass is 307 g/mol. The van der Waals surface area contributed by atoms with Gasteiger partial charge in [0.2, 0.25) is 0 Å². The Bertz CT molecular complexity index is 780. The molecule has 0 saturated heterocycles. The molecule has 0 spiro atoms. The number of nitrogens with zero attached hydrogens (tertiary/aromatic N) is 1. The summed E-state index contributed by atoms with van der Waals surface area (Å²) >= 11 is 0. The van der Waals surface area contributed by atoms with Gasteiger partial charge in [0.05, 0.1) is 6.20 Å². The van der Waals surface area contributed by atoms with Gasteiger partial charge in [-0.2, -0.15) is 5.10 Å². The van der Waals surface area contributed by atoms with Crippen LogP contribution in [0.5, 0.6) is 0 Å². The number of rotatable bonds is 4. The predicted octanol–water partition coefficient (Wildman–Crippen LogP) is 4.13. The highest BCUT2D eigenvalue weighted by Crippen LogP contribution is 2.20. The van der Waals surface area contributed by atoms with Crippen LogP contribution in [0.3, 0.4) is 0 Å². The van der Waals surface area contributed by atoms with Gasteiger partial charge in [-0.25, -0.2) is 4.79 Å². The Morgan fingerprint density at radius 2 is 1.91 bits per heavy atom. The lowest BCUT2D eigenvalue weighted by Crippen LogP contribution is -2.13. The molecule has 3 rings (SSSR count). The second-order valence-corrected chi connectivity index (χ2v) is 5.19. The number of aryl methyl sites for hydroxylation is 1. The van der Waals surface area contributed by atoms with Crippen LogP contribution in [0.15, 0.2) is 60.9 Å². The summed E-state index contributed by atoms with van der Waals surface area (Å²) < 4.78 is 5.25. The smallest absolute Gasteiger partial charge is 0.411 e. The predicted molar refractivity (Wildman–Crippen MR) is 89.0 cm³/mol. The topological polar surface area (TPSA) is 67.0 Å². The van der Waals surface area contributed by atoms with E-state index in [9.17, 15) is 4.79 Å². The van der Waals surface area contributed by atoms with Crippen LogP contribution in [0, 0.1) is 6.92 Å². The lowest BCUT2D eigenvalue weighted by molar-refractivity contribution is 0.155. The summed E-state index contributed by atoms with van der Waals surface area (Å²) in [4.78, 5) is 11.9. The van der Waals surface area contributed by atoms with Crippen molar-refractivity contribution in [2.24, 2.45) is 0 Å². The number of hydrogen-bond acceptors (Lipinski definition) is 3. The van der Waals surface area contributed by atoms with E-state index >= 15 is 0 Å². The van der Waals surface area contributed by atoms with Crippen LogP contribution in [0.2, 0.25) is 0 Å². The molecule has 0 aliphatic rings. The normalized spacial score (nSPS) is 10.3. The highest BCUT2D eigenvalue weighted by atomic mass is 16.5. The quantitative estimate of drug-likeness (QED) is 0.761. The zero-order chi connectivity index (χ0) is 16.1. The molecule has 0 atom stereocenters. The van der Waals surface area contributed by atoms with Gasteiger partial charge < -0.3 is 4.74 Å². The van der Waals surface area contributed by atoms with E-state index in [0.717, 1.165) is 22.3 Å². The Morgan fingerprint density at radius 3 is 2.61 bits per heavy atom. The number of amides is 1. The summed E-state index contributed by atoms with van der Waals surface area (Å²) in [6, 6.07) is 15.3. The van der Waals surface area contributed by atoms with Gasteiger partial charge in [-0.3, -0.25) is 10.4 Å². The van der Waals surface area contributed by atoms with Gasteiger partial charge >= 0.3 is 6.09 Å². The first-order valence-corrected chi connectivity index (χ1v) is 7.30. The van der Waals surface area contributed by atoms with Crippen molar-refractivity contribution >= 4 is 11.8 Å². The van der Waals surface area contributed by atoms with E-state index in [1.165, 1.54) is 0 Å². The SMILES string of the molecule is Cc1ccccc1COC(=O)Nc1ccc(-c2cn[nH]c2)cc1. The van der Waals surface area contributed by atoms with Crippen molar-refractivity contribution in [2.45, 2.75) is 13.5 Å². The molecule has 0 radical (unpaired) electrons. The van der Waals surface area contributed by atoms with Crippen LogP contribution in [0.25, 0.3) is 11.1 Å². The first-order valence-electron chi connectivity index (χ1n) is 7.30. The van der Waals surface area contributed by atoms with E-state index in [-0.39, 0.29) is 6.61 Å². The van der Waals surface area contributed by atoms with Crippen molar-refractivity contribution < 1.29 is 9.53 Å². The molecule has 5 heteroatoms. The van der Waals surface area contributed by atoms with E-state index in [1.807, 2.05) is 61.7 Å². The van der Waals surface area contributed by atoms with Gasteiger partial charge in [-0.15, -0.1) is 0 Å². The van der Waals surface area contributed by atoms with Crippen LogP contribution in [-0.4, -0.2) is 16.3 Å². The number of carbonyl (C=O) groups is 1. The third kappa shape index (κ3) is 3.77. The Balaban J connectivity index is 1.57. The third-order valence-electron chi connectivity index (χ3n) is 3.58. The number of nitrogens with one attached hydrogen (secondary N) is 2. The lowest BCUT2D eigenvalue weighted by atomic mass is 10.1. The van der Waals surface area contributed by atoms with Crippen LogP contribution in [-0.2, 0) is 11.3 Å². The third-order valence-corrected chi connectivity index (χ3v) is 3.58. The van der Waals surface area contributed by atoms with Crippen molar-refractivity contribution in [2.75, 3.05) is 5.32 Å². The molecule has 5 nitrogen and oxygen atoms in total. The number of benzene rings is 2. The van der Waals surface area contributed by atoms with Crippen LogP contribution in [0.4, 0.5) is 10.5 Å². The molecular formula is C18H17N3O2. The molecule has 3 aromatic rings. The zero-order valence-corrected chi connectivity index (χ0v) is 12.7. The average Bonchev–Trinajstić information content (AvgIpc) is 3.09. The molecule has 2 N–H and O–H groups in total.